The van der Waals surface area contributed by atoms with Crippen LogP contribution < -0.4 is 20.9 Å². The number of aromatic nitrogens is 1. The second kappa shape index (κ2) is 11.9. The first-order chi connectivity index (χ1) is 19.7. The number of piperazine rings is 1. The highest BCUT2D eigenvalue weighted by Crippen LogP contribution is 2.34. The summed E-state index contributed by atoms with van der Waals surface area (Å²) in [6.07, 6.45) is 4.73. The number of aryl methyl sites for hydroxylation is 1. The number of amides is 3. The molecule has 0 spiro atoms. The molecule has 0 saturated carbocycles. The molecule has 0 aliphatic carbocycles. The van der Waals surface area contributed by atoms with Crippen molar-refractivity contribution in [3.05, 3.63) is 64.9 Å². The van der Waals surface area contributed by atoms with Crippen molar-refractivity contribution in [3.8, 4) is 11.1 Å². The van der Waals surface area contributed by atoms with E-state index in [4.69, 9.17) is 0 Å². The number of anilines is 1. The van der Waals surface area contributed by atoms with Gasteiger partial charge in [0.25, 0.3) is 5.91 Å². The average molecular weight is 556 g/mol. The van der Waals surface area contributed by atoms with Gasteiger partial charge in [-0.05, 0) is 81.5 Å². The van der Waals surface area contributed by atoms with Gasteiger partial charge in [-0.25, -0.2) is 0 Å². The van der Waals surface area contributed by atoms with Crippen molar-refractivity contribution >= 4 is 34.3 Å². The van der Waals surface area contributed by atoms with Crippen LogP contribution in [0.1, 0.15) is 68.9 Å². The average Bonchev–Trinajstić information content (AvgIpc) is 3.29. The lowest BCUT2D eigenvalue weighted by Crippen LogP contribution is -2.48. The fourth-order valence-electron chi connectivity index (χ4n) is 6.11. The van der Waals surface area contributed by atoms with Gasteiger partial charge in [-0.2, -0.15) is 0 Å². The third-order valence-corrected chi connectivity index (χ3v) is 8.13. The summed E-state index contributed by atoms with van der Waals surface area (Å²) in [5.74, 6) is -0.219. The zero-order valence-corrected chi connectivity index (χ0v) is 24.8. The molecule has 1 fully saturated rings. The highest BCUT2D eigenvalue weighted by Gasteiger charge is 2.25. The molecule has 8 nitrogen and oxygen atoms in total. The first kappa shape index (κ1) is 28.6. The molecule has 1 saturated heterocycles. The van der Waals surface area contributed by atoms with Gasteiger partial charge in [0.1, 0.15) is 0 Å². The van der Waals surface area contributed by atoms with E-state index in [-0.39, 0.29) is 36.3 Å². The van der Waals surface area contributed by atoms with Crippen LogP contribution in [0.5, 0.6) is 0 Å². The Morgan fingerprint density at radius 3 is 2.56 bits per heavy atom. The van der Waals surface area contributed by atoms with E-state index in [1.807, 2.05) is 44.2 Å². The molecule has 41 heavy (non-hydrogen) atoms. The molecule has 3 N–H and O–H groups in total. The van der Waals surface area contributed by atoms with E-state index in [0.29, 0.717) is 24.2 Å². The smallest absolute Gasteiger partial charge is 0.252 e. The Kier molecular flexibility index (Phi) is 8.31. The van der Waals surface area contributed by atoms with Crippen molar-refractivity contribution in [2.45, 2.75) is 66.0 Å². The van der Waals surface area contributed by atoms with Crippen molar-refractivity contribution < 1.29 is 14.4 Å². The van der Waals surface area contributed by atoms with Gasteiger partial charge in [-0.3, -0.25) is 14.4 Å². The Morgan fingerprint density at radius 2 is 1.88 bits per heavy atom. The summed E-state index contributed by atoms with van der Waals surface area (Å²) in [5, 5.41) is 10.1. The van der Waals surface area contributed by atoms with Crippen molar-refractivity contribution in [2.75, 3.05) is 31.1 Å². The van der Waals surface area contributed by atoms with E-state index in [1.54, 1.807) is 4.90 Å². The van der Waals surface area contributed by atoms with E-state index in [1.165, 1.54) is 0 Å². The third-order valence-electron chi connectivity index (χ3n) is 8.13. The van der Waals surface area contributed by atoms with E-state index < -0.39 is 0 Å². The number of carbonyl (C=O) groups is 3. The summed E-state index contributed by atoms with van der Waals surface area (Å²) < 4.78 is 2.20. The molecule has 1 aromatic heterocycles. The minimum atomic E-state index is -0.195. The monoisotopic (exact) mass is 555 g/mol. The van der Waals surface area contributed by atoms with Crippen LogP contribution in [-0.2, 0) is 9.59 Å². The van der Waals surface area contributed by atoms with Gasteiger partial charge in [0, 0.05) is 65.6 Å². The van der Waals surface area contributed by atoms with Crippen LogP contribution >= 0.6 is 0 Å². The largest absolute Gasteiger partial charge is 0.349 e. The molecule has 1 atom stereocenters. The maximum atomic E-state index is 13.8. The van der Waals surface area contributed by atoms with E-state index >= 15 is 0 Å². The lowest BCUT2D eigenvalue weighted by atomic mass is 9.92. The molecule has 2 aliphatic rings. The molecule has 216 valence electrons. The van der Waals surface area contributed by atoms with Crippen LogP contribution in [0.25, 0.3) is 22.0 Å². The van der Waals surface area contributed by atoms with Crippen LogP contribution in [0, 0.1) is 6.92 Å². The Labute approximate surface area is 242 Å². The minimum absolute atomic E-state index is 0.0629. The Bertz CT molecular complexity index is 1520. The topological polar surface area (TPSA) is 95.5 Å². The zero-order valence-electron chi connectivity index (χ0n) is 24.8. The summed E-state index contributed by atoms with van der Waals surface area (Å²) >= 11 is 0. The first-order valence-electron chi connectivity index (χ1n) is 14.7. The minimum Gasteiger partial charge on any atom is -0.349 e. The number of fused-ring (bicyclic) bond motifs is 1. The van der Waals surface area contributed by atoms with Gasteiger partial charge in [-0.15, -0.1) is 0 Å². The Balaban J connectivity index is 1.51. The number of rotatable bonds is 8. The lowest BCUT2D eigenvalue weighted by Gasteiger charge is -2.27. The van der Waals surface area contributed by atoms with Crippen LogP contribution in [0.2, 0.25) is 0 Å². The fourth-order valence-corrected chi connectivity index (χ4v) is 6.11. The molecule has 5 rings (SSSR count). The van der Waals surface area contributed by atoms with Gasteiger partial charge in [0.2, 0.25) is 11.8 Å². The fraction of sp³-hybridized carbons (Fsp3) is 0.424. The molecular formula is C33H41N5O3. The van der Waals surface area contributed by atoms with Gasteiger partial charge in [-0.1, -0.05) is 31.1 Å². The number of nitrogens with zero attached hydrogens (tertiary/aromatic N) is 2. The maximum Gasteiger partial charge on any atom is 0.252 e. The number of hydrogen-bond acceptors (Lipinski definition) is 4. The van der Waals surface area contributed by atoms with Gasteiger partial charge < -0.3 is 25.4 Å². The predicted molar refractivity (Wildman–Crippen MR) is 164 cm³/mol. The molecule has 0 radical (unpaired) electrons. The van der Waals surface area contributed by atoms with Crippen LogP contribution in [0.4, 0.5) is 5.69 Å². The Morgan fingerprint density at radius 1 is 1.12 bits per heavy atom. The standard InChI is InChI=1S/C33H41N5O3/c1-6-7-24-14-22(5)36-33(41)28(24)17-35-32(40)27-15-25(16-29-31(27)21(4)19-38(29)20(2)3)23-8-10-26(11-9-23)37-13-12-34-18-30(37)39/h8-11,15-16,19-20,22,34H,6-7,12-14,17-18H2,1-5H3,(H,35,40)(H,36,41). The quantitative estimate of drug-likeness (QED) is 0.370. The van der Waals surface area contributed by atoms with E-state index in [0.717, 1.165) is 64.7 Å². The molecule has 2 aliphatic heterocycles. The summed E-state index contributed by atoms with van der Waals surface area (Å²) in [5.41, 5.74) is 7.21. The summed E-state index contributed by atoms with van der Waals surface area (Å²) in [6.45, 7) is 12.4. The number of carbonyl (C=O) groups excluding carboxylic acids is 3. The summed E-state index contributed by atoms with van der Waals surface area (Å²) in [6, 6.07) is 12.4. The molecule has 0 bridgehead atoms. The van der Waals surface area contributed by atoms with Crippen molar-refractivity contribution in [3.63, 3.8) is 0 Å². The highest BCUT2D eigenvalue weighted by atomic mass is 16.2. The first-order valence-corrected chi connectivity index (χ1v) is 14.7. The SMILES string of the molecule is CCCC1=C(CNC(=O)c2cc(-c3ccc(N4CCNCC4=O)cc3)cc3c2c(C)cn3C(C)C)C(=O)NC(C)C1. The molecule has 3 heterocycles. The van der Waals surface area contributed by atoms with Gasteiger partial charge >= 0.3 is 0 Å². The van der Waals surface area contributed by atoms with E-state index in [2.05, 4.69) is 53.6 Å². The second-order valence-corrected chi connectivity index (χ2v) is 11.6. The predicted octanol–water partition coefficient (Wildman–Crippen LogP) is 4.87. The number of hydrogen-bond donors (Lipinski definition) is 3. The molecular weight excluding hydrogens is 514 g/mol. The van der Waals surface area contributed by atoms with Crippen LogP contribution in [0.15, 0.2) is 53.7 Å². The molecule has 2 aromatic carbocycles. The zero-order chi connectivity index (χ0) is 29.3. The maximum absolute atomic E-state index is 13.8. The number of benzene rings is 2. The van der Waals surface area contributed by atoms with Crippen molar-refractivity contribution in [2.24, 2.45) is 0 Å². The number of nitrogens with one attached hydrogen (secondary N) is 3. The normalized spacial score (nSPS) is 17.9. The lowest BCUT2D eigenvalue weighted by molar-refractivity contribution is -0.119. The van der Waals surface area contributed by atoms with Gasteiger partial charge in [0.15, 0.2) is 0 Å². The summed E-state index contributed by atoms with van der Waals surface area (Å²) in [7, 11) is 0. The third kappa shape index (κ3) is 5.79. The molecule has 3 amide bonds. The van der Waals surface area contributed by atoms with E-state index in [9.17, 15) is 14.4 Å². The molecule has 3 aromatic rings. The molecule has 1 unspecified atom stereocenters. The van der Waals surface area contributed by atoms with Crippen LogP contribution in [-0.4, -0.2) is 54.5 Å². The van der Waals surface area contributed by atoms with Crippen LogP contribution in [0.3, 0.4) is 0 Å². The van der Waals surface area contributed by atoms with Crippen molar-refractivity contribution in [1.29, 1.82) is 0 Å². The van der Waals surface area contributed by atoms with Gasteiger partial charge in [0.05, 0.1) is 6.54 Å². The molecule has 8 heteroatoms. The van der Waals surface area contributed by atoms with Crippen molar-refractivity contribution in [1.82, 2.24) is 20.5 Å². The summed E-state index contributed by atoms with van der Waals surface area (Å²) in [4.78, 5) is 40.8. The highest BCUT2D eigenvalue weighted by molar-refractivity contribution is 6.10. The second-order valence-electron chi connectivity index (χ2n) is 11.6. The Hall–Kier alpha value is -3.91.